The van der Waals surface area contributed by atoms with Crippen LogP contribution in [0.1, 0.15) is 46.6 Å². The molecule has 2 amide bonds. The van der Waals surface area contributed by atoms with Crippen LogP contribution in [0.4, 0.5) is 5.69 Å². The van der Waals surface area contributed by atoms with Crippen molar-refractivity contribution in [3.05, 3.63) is 89.4 Å². The molecule has 4 aromatic rings. The van der Waals surface area contributed by atoms with Gasteiger partial charge in [-0.3, -0.25) is 24.1 Å². The number of pyridine rings is 1. The largest absolute Gasteiger partial charge is 0.481 e. The van der Waals surface area contributed by atoms with Crippen molar-refractivity contribution in [1.29, 1.82) is 0 Å². The van der Waals surface area contributed by atoms with Gasteiger partial charge in [0.05, 0.1) is 13.0 Å². The zero-order valence-electron chi connectivity index (χ0n) is 20.4. The number of hydrogen-bond donors (Lipinski definition) is 4. The number of fused-ring (bicyclic) bond motifs is 3. The number of carbonyl (C=O) groups is 4. The Morgan fingerprint density at radius 2 is 1.68 bits per heavy atom. The Bertz CT molecular complexity index is 1480. The van der Waals surface area contributed by atoms with Crippen molar-refractivity contribution in [3.8, 4) is 0 Å². The molecular weight excluding hydrogens is 490 g/mol. The summed E-state index contributed by atoms with van der Waals surface area (Å²) in [7, 11) is 0. The van der Waals surface area contributed by atoms with E-state index in [9.17, 15) is 19.5 Å². The number of benzene rings is 2. The summed E-state index contributed by atoms with van der Waals surface area (Å²) >= 11 is 0. The molecule has 2 aromatic heterocycles. The highest BCUT2D eigenvalue weighted by molar-refractivity contribution is 6.11. The number of H-pyrrole nitrogens is 1. The van der Waals surface area contributed by atoms with Gasteiger partial charge in [0, 0.05) is 30.3 Å². The van der Waals surface area contributed by atoms with Crippen molar-refractivity contribution in [2.45, 2.75) is 25.8 Å². The molecule has 0 saturated heterocycles. The maximum absolute atomic E-state index is 13.5. The van der Waals surface area contributed by atoms with E-state index in [0.29, 0.717) is 39.4 Å². The fourth-order valence-electron chi connectivity index (χ4n) is 4.36. The highest BCUT2D eigenvalue weighted by Gasteiger charge is 2.34. The first-order valence-corrected chi connectivity index (χ1v) is 11.7. The van der Waals surface area contributed by atoms with Crippen LogP contribution in [-0.4, -0.2) is 55.5 Å². The summed E-state index contributed by atoms with van der Waals surface area (Å²) in [4.78, 5) is 60.1. The van der Waals surface area contributed by atoms with Crippen molar-refractivity contribution in [2.24, 2.45) is 0 Å². The van der Waals surface area contributed by atoms with Gasteiger partial charge in [-0.15, -0.1) is 0 Å². The predicted molar refractivity (Wildman–Crippen MR) is 138 cm³/mol. The molecule has 5 rings (SSSR count). The predicted octanol–water partition coefficient (Wildman–Crippen LogP) is 2.93. The van der Waals surface area contributed by atoms with Crippen LogP contribution in [-0.2, 0) is 20.9 Å². The van der Waals surface area contributed by atoms with Gasteiger partial charge in [-0.05, 0) is 35.4 Å². The number of aromatic nitrogens is 3. The zero-order chi connectivity index (χ0) is 27.2. The number of nitrogens with zero attached hydrogens (tertiary/aromatic N) is 3. The maximum atomic E-state index is 13.5. The molecule has 0 fully saturated rings. The lowest BCUT2D eigenvalue weighted by molar-refractivity contribution is -0.137. The molecule has 0 radical (unpaired) electrons. The molecule has 1 atom stereocenters. The van der Waals surface area contributed by atoms with Crippen LogP contribution >= 0.6 is 0 Å². The number of anilines is 1. The average molecular weight is 516 g/mol. The van der Waals surface area contributed by atoms with E-state index in [4.69, 9.17) is 9.90 Å². The topological polar surface area (TPSA) is 166 Å². The molecule has 11 heteroatoms. The van der Waals surface area contributed by atoms with Crippen molar-refractivity contribution in [2.75, 3.05) is 11.4 Å². The van der Waals surface area contributed by atoms with E-state index >= 15 is 0 Å². The fourth-order valence-corrected chi connectivity index (χ4v) is 4.36. The number of rotatable bonds is 6. The molecule has 2 aromatic carbocycles. The Hall–Kier alpha value is -5.06. The number of hydrogen-bond acceptors (Lipinski definition) is 6. The summed E-state index contributed by atoms with van der Waals surface area (Å²) in [6.07, 6.45) is 1.49. The lowest BCUT2D eigenvalue weighted by Crippen LogP contribution is -2.40. The van der Waals surface area contributed by atoms with Crippen LogP contribution in [0.2, 0.25) is 0 Å². The number of aliphatic carboxylic acids is 2. The first-order chi connectivity index (χ1) is 18.2. The van der Waals surface area contributed by atoms with Gasteiger partial charge < -0.3 is 20.5 Å². The standard InChI is InChI=1S/C25H21N5O4.C2H4O2/c31-22(27-13-21-28-19-9-5-11-26-24(19)29-21)14-30-20-10-4-3-7-16(20)18(12-23(32)33)15-6-1-2-8-17(15)25(30)34;1-2(3)4/h1-11,18H,12-14H2,(H,27,31)(H,32,33)(H,26,28,29);1H3,(H,3,4). The molecule has 194 valence electrons. The number of nitrogens with one attached hydrogen (secondary N) is 2. The second-order valence-electron chi connectivity index (χ2n) is 8.54. The van der Waals surface area contributed by atoms with Crippen molar-refractivity contribution in [1.82, 2.24) is 20.3 Å². The summed E-state index contributed by atoms with van der Waals surface area (Å²) in [5, 5.41) is 19.8. The third kappa shape index (κ3) is 5.84. The van der Waals surface area contributed by atoms with Gasteiger partial charge in [0.2, 0.25) is 5.91 Å². The molecule has 0 aliphatic carbocycles. The number of carbonyl (C=O) groups excluding carboxylic acids is 2. The quantitative estimate of drug-likeness (QED) is 0.304. The lowest BCUT2D eigenvalue weighted by atomic mass is 9.86. The summed E-state index contributed by atoms with van der Waals surface area (Å²) in [5.41, 5.74) is 3.58. The smallest absolute Gasteiger partial charge is 0.304 e. The van der Waals surface area contributed by atoms with Crippen molar-refractivity contribution < 1.29 is 29.4 Å². The normalized spacial score (nSPS) is 14.0. The van der Waals surface area contributed by atoms with Gasteiger partial charge >= 0.3 is 5.97 Å². The molecule has 11 nitrogen and oxygen atoms in total. The number of carboxylic acid groups (broad SMARTS) is 2. The van der Waals surface area contributed by atoms with Gasteiger partial charge in [-0.2, -0.15) is 0 Å². The third-order valence-corrected chi connectivity index (χ3v) is 5.85. The minimum Gasteiger partial charge on any atom is -0.481 e. The Kier molecular flexibility index (Phi) is 7.76. The number of amides is 2. The first-order valence-electron chi connectivity index (χ1n) is 11.7. The molecule has 1 unspecified atom stereocenters. The second-order valence-corrected chi connectivity index (χ2v) is 8.54. The Morgan fingerprint density at radius 1 is 1.00 bits per heavy atom. The summed E-state index contributed by atoms with van der Waals surface area (Å²) < 4.78 is 0. The van der Waals surface area contributed by atoms with Gasteiger partial charge in [0.25, 0.3) is 11.9 Å². The highest BCUT2D eigenvalue weighted by Crippen LogP contribution is 2.40. The molecule has 1 aliphatic heterocycles. The SMILES string of the molecule is CC(=O)O.O=C(O)CC1c2ccccc2C(=O)N(CC(=O)NCc2nc3cccnc3[nH]2)c2ccccc21. The van der Waals surface area contributed by atoms with E-state index in [1.807, 2.05) is 12.1 Å². The molecule has 0 saturated carbocycles. The number of carboxylic acids is 2. The lowest BCUT2D eigenvalue weighted by Gasteiger charge is -2.23. The first kappa shape index (κ1) is 26.0. The zero-order valence-corrected chi connectivity index (χ0v) is 20.4. The van der Waals surface area contributed by atoms with Gasteiger partial charge in [-0.25, -0.2) is 9.97 Å². The fraction of sp³-hybridized carbons (Fsp3) is 0.185. The van der Waals surface area contributed by atoms with Crippen LogP contribution < -0.4 is 10.2 Å². The van der Waals surface area contributed by atoms with E-state index in [1.54, 1.807) is 54.7 Å². The van der Waals surface area contributed by atoms with Gasteiger partial charge in [0.1, 0.15) is 17.9 Å². The van der Waals surface area contributed by atoms with E-state index < -0.39 is 17.9 Å². The number of aromatic amines is 1. The maximum Gasteiger partial charge on any atom is 0.304 e. The van der Waals surface area contributed by atoms with Crippen molar-refractivity contribution in [3.63, 3.8) is 0 Å². The van der Waals surface area contributed by atoms with Crippen LogP contribution in [0.15, 0.2) is 66.9 Å². The third-order valence-electron chi connectivity index (χ3n) is 5.85. The molecular formula is C27H25N5O6. The monoisotopic (exact) mass is 515 g/mol. The van der Waals surface area contributed by atoms with Gasteiger partial charge in [-0.1, -0.05) is 36.4 Å². The average Bonchev–Trinajstić information content (AvgIpc) is 3.28. The molecule has 38 heavy (non-hydrogen) atoms. The van der Waals surface area contributed by atoms with E-state index in [2.05, 4.69) is 20.3 Å². The van der Waals surface area contributed by atoms with Crippen molar-refractivity contribution >= 4 is 40.6 Å². The molecule has 0 bridgehead atoms. The Balaban J connectivity index is 0.000000786. The summed E-state index contributed by atoms with van der Waals surface area (Å²) in [6.45, 7) is 1.01. The summed E-state index contributed by atoms with van der Waals surface area (Å²) in [5.74, 6) is -2.47. The van der Waals surface area contributed by atoms with E-state index in [-0.39, 0.29) is 31.3 Å². The molecule has 0 spiro atoms. The highest BCUT2D eigenvalue weighted by atomic mass is 16.4. The van der Waals surface area contributed by atoms with Crippen LogP contribution in [0.5, 0.6) is 0 Å². The Labute approximate surface area is 217 Å². The van der Waals surface area contributed by atoms with E-state index in [1.165, 1.54) is 4.90 Å². The summed E-state index contributed by atoms with van der Waals surface area (Å²) in [6, 6.07) is 17.7. The minimum absolute atomic E-state index is 0.150. The van der Waals surface area contributed by atoms with Crippen LogP contribution in [0.3, 0.4) is 0 Å². The Morgan fingerprint density at radius 3 is 2.39 bits per heavy atom. The van der Waals surface area contributed by atoms with E-state index in [0.717, 1.165) is 6.92 Å². The molecule has 3 heterocycles. The van der Waals surface area contributed by atoms with Crippen LogP contribution in [0.25, 0.3) is 11.2 Å². The van der Waals surface area contributed by atoms with Gasteiger partial charge in [0.15, 0.2) is 5.65 Å². The number of para-hydroxylation sites is 1. The second kappa shape index (κ2) is 11.3. The number of imidazole rings is 1. The molecule has 4 N–H and O–H groups in total. The molecule has 1 aliphatic rings. The minimum atomic E-state index is -0.964. The van der Waals surface area contributed by atoms with Crippen LogP contribution in [0, 0.1) is 0 Å².